The van der Waals surface area contributed by atoms with E-state index in [1.165, 1.54) is 116 Å². The molecule has 11 aromatic rings. The number of fused-ring (bicyclic) bond motifs is 12. The monoisotopic (exact) mass is 948 g/mol. The van der Waals surface area contributed by atoms with Crippen molar-refractivity contribution in [3.63, 3.8) is 0 Å². The molecule has 0 bridgehead atoms. The zero-order chi connectivity index (χ0) is 49.7. The minimum atomic E-state index is -0.297. The molecule has 0 heterocycles. The Labute approximate surface area is 434 Å². The van der Waals surface area contributed by atoms with Crippen LogP contribution >= 0.6 is 0 Å². The SMILES string of the molecule is CC1(C)c2cc(N(C3=CC=CCC3)c3ccc(-c4cccc5ccccc45)cc3)ccc2-c2c1c1c(c3ccccc23)-c2ccc(N(c3ccccc3)c3ccc(-c4cccc5ccccc45)cc3)cc2C1(C)C. The normalized spacial score (nSPS) is 14.6. The average molecular weight is 949 g/mol. The molecule has 74 heavy (non-hydrogen) atoms. The van der Waals surface area contributed by atoms with Gasteiger partial charge in [0.1, 0.15) is 0 Å². The predicted molar refractivity (Wildman–Crippen MR) is 315 cm³/mol. The summed E-state index contributed by atoms with van der Waals surface area (Å²) in [6, 6.07) is 83.6. The quantitative estimate of drug-likeness (QED) is 0.150. The minimum Gasteiger partial charge on any atom is -0.314 e. The van der Waals surface area contributed by atoms with Crippen molar-refractivity contribution in [1.29, 1.82) is 0 Å². The number of rotatable bonds is 8. The summed E-state index contributed by atoms with van der Waals surface area (Å²) in [6.45, 7) is 9.90. The van der Waals surface area contributed by atoms with Crippen LogP contribution in [0.5, 0.6) is 0 Å². The zero-order valence-electron chi connectivity index (χ0n) is 42.4. The molecular weight excluding hydrogens is 893 g/mol. The Morgan fingerprint density at radius 2 is 0.770 bits per heavy atom. The molecule has 3 aliphatic carbocycles. The van der Waals surface area contributed by atoms with E-state index >= 15 is 0 Å². The Morgan fingerprint density at radius 3 is 1.27 bits per heavy atom. The Bertz CT molecular complexity index is 4100. The van der Waals surface area contributed by atoms with Crippen molar-refractivity contribution in [3.05, 3.63) is 271 Å². The fourth-order valence-electron chi connectivity index (χ4n) is 13.1. The van der Waals surface area contributed by atoms with Crippen molar-refractivity contribution >= 4 is 60.8 Å². The van der Waals surface area contributed by atoms with Gasteiger partial charge in [-0.1, -0.05) is 204 Å². The van der Waals surface area contributed by atoms with E-state index in [9.17, 15) is 0 Å². The highest BCUT2D eigenvalue weighted by Crippen LogP contribution is 2.63. The number of hydrogen-bond donors (Lipinski definition) is 0. The molecule has 3 aliphatic rings. The summed E-state index contributed by atoms with van der Waals surface area (Å²) in [5.41, 5.74) is 22.5. The Morgan fingerprint density at radius 1 is 0.351 bits per heavy atom. The van der Waals surface area contributed by atoms with E-state index in [4.69, 9.17) is 0 Å². The van der Waals surface area contributed by atoms with Gasteiger partial charge in [0.25, 0.3) is 0 Å². The number of benzene rings is 11. The van der Waals surface area contributed by atoms with Gasteiger partial charge in [-0.15, -0.1) is 0 Å². The van der Waals surface area contributed by atoms with Crippen LogP contribution in [0.1, 0.15) is 62.8 Å². The van der Waals surface area contributed by atoms with Crippen molar-refractivity contribution in [2.45, 2.75) is 51.4 Å². The first kappa shape index (κ1) is 44.0. The van der Waals surface area contributed by atoms with Gasteiger partial charge in [-0.2, -0.15) is 0 Å². The smallest absolute Gasteiger partial charge is 0.0465 e. The molecule has 11 aromatic carbocycles. The first-order chi connectivity index (χ1) is 36.2. The number of allylic oxidation sites excluding steroid dienone is 4. The third kappa shape index (κ3) is 6.78. The van der Waals surface area contributed by atoms with Gasteiger partial charge in [0.05, 0.1) is 0 Å². The van der Waals surface area contributed by atoms with Crippen LogP contribution in [0.4, 0.5) is 28.4 Å². The third-order valence-corrected chi connectivity index (χ3v) is 16.6. The van der Waals surface area contributed by atoms with Crippen LogP contribution in [0, 0.1) is 0 Å². The van der Waals surface area contributed by atoms with E-state index in [2.05, 4.69) is 280 Å². The lowest BCUT2D eigenvalue weighted by molar-refractivity contribution is 0.602. The second-order valence-electron chi connectivity index (χ2n) is 21.5. The molecule has 0 spiro atoms. The lowest BCUT2D eigenvalue weighted by atomic mass is 9.71. The third-order valence-electron chi connectivity index (χ3n) is 16.6. The van der Waals surface area contributed by atoms with Crippen LogP contribution in [0.25, 0.3) is 76.8 Å². The number of para-hydroxylation sites is 1. The van der Waals surface area contributed by atoms with E-state index in [1.807, 2.05) is 0 Å². The van der Waals surface area contributed by atoms with E-state index in [0.29, 0.717) is 0 Å². The molecule has 14 rings (SSSR count). The van der Waals surface area contributed by atoms with E-state index < -0.39 is 0 Å². The number of nitrogens with zero attached hydrogens (tertiary/aromatic N) is 2. The average Bonchev–Trinajstić information content (AvgIpc) is 3.86. The summed E-state index contributed by atoms with van der Waals surface area (Å²) < 4.78 is 0. The molecule has 0 atom stereocenters. The highest BCUT2D eigenvalue weighted by Gasteiger charge is 2.47. The molecule has 0 unspecified atom stereocenters. The first-order valence-electron chi connectivity index (χ1n) is 26.3. The van der Waals surface area contributed by atoms with Crippen LogP contribution < -0.4 is 9.80 Å². The summed E-state index contributed by atoms with van der Waals surface area (Å²) in [7, 11) is 0. The van der Waals surface area contributed by atoms with Crippen molar-refractivity contribution in [2.75, 3.05) is 9.80 Å². The van der Waals surface area contributed by atoms with Gasteiger partial charge < -0.3 is 9.80 Å². The second kappa shape index (κ2) is 16.9. The predicted octanol–water partition coefficient (Wildman–Crippen LogP) is 19.9. The van der Waals surface area contributed by atoms with Gasteiger partial charge in [0.2, 0.25) is 0 Å². The Hall–Kier alpha value is -8.72. The summed E-state index contributed by atoms with van der Waals surface area (Å²) >= 11 is 0. The highest BCUT2D eigenvalue weighted by molar-refractivity contribution is 6.13. The van der Waals surface area contributed by atoms with Crippen LogP contribution in [0.15, 0.2) is 248 Å². The van der Waals surface area contributed by atoms with Gasteiger partial charge in [-0.3, -0.25) is 0 Å². The summed E-state index contributed by atoms with van der Waals surface area (Å²) in [4.78, 5) is 4.94. The fraction of sp³-hybridized carbons (Fsp3) is 0.111. The molecule has 0 aliphatic heterocycles. The van der Waals surface area contributed by atoms with Crippen molar-refractivity contribution in [1.82, 2.24) is 0 Å². The topological polar surface area (TPSA) is 6.48 Å². The molecule has 0 amide bonds. The Kier molecular flexibility index (Phi) is 10.1. The molecule has 2 nitrogen and oxygen atoms in total. The van der Waals surface area contributed by atoms with Gasteiger partial charge in [0, 0.05) is 45.0 Å². The molecule has 0 aromatic heterocycles. The van der Waals surface area contributed by atoms with Crippen LogP contribution in [-0.2, 0) is 10.8 Å². The zero-order valence-corrected chi connectivity index (χ0v) is 42.4. The molecule has 0 saturated carbocycles. The largest absolute Gasteiger partial charge is 0.314 e. The van der Waals surface area contributed by atoms with Crippen molar-refractivity contribution in [3.8, 4) is 44.5 Å². The molecule has 354 valence electrons. The van der Waals surface area contributed by atoms with Crippen LogP contribution in [0.2, 0.25) is 0 Å². The molecule has 0 N–H and O–H groups in total. The molecule has 0 radical (unpaired) electrons. The second-order valence-corrected chi connectivity index (χ2v) is 21.5. The molecule has 2 heteroatoms. The maximum atomic E-state index is 2.52. The van der Waals surface area contributed by atoms with Crippen molar-refractivity contribution in [2.24, 2.45) is 0 Å². The number of anilines is 5. The molecule has 0 fully saturated rings. The van der Waals surface area contributed by atoms with Crippen LogP contribution in [0.3, 0.4) is 0 Å². The lowest BCUT2D eigenvalue weighted by Crippen LogP contribution is -2.25. The van der Waals surface area contributed by atoms with Gasteiger partial charge in [0.15, 0.2) is 0 Å². The van der Waals surface area contributed by atoms with E-state index in [1.54, 1.807) is 0 Å². The summed E-state index contributed by atoms with van der Waals surface area (Å²) in [5, 5.41) is 7.71. The molecular formula is C72H56N2. The van der Waals surface area contributed by atoms with Crippen molar-refractivity contribution < 1.29 is 0 Å². The lowest BCUT2D eigenvalue weighted by Gasteiger charge is -2.33. The first-order valence-corrected chi connectivity index (χ1v) is 26.3. The maximum absolute atomic E-state index is 2.52. The fourth-order valence-corrected chi connectivity index (χ4v) is 13.1. The van der Waals surface area contributed by atoms with E-state index in [-0.39, 0.29) is 10.8 Å². The van der Waals surface area contributed by atoms with Gasteiger partial charge >= 0.3 is 0 Å². The van der Waals surface area contributed by atoms with Gasteiger partial charge in [-0.05, 0) is 179 Å². The number of hydrogen-bond acceptors (Lipinski definition) is 2. The maximum Gasteiger partial charge on any atom is 0.0465 e. The highest BCUT2D eigenvalue weighted by atomic mass is 15.2. The summed E-state index contributed by atoms with van der Waals surface area (Å²) in [5.74, 6) is 0. The molecule has 0 saturated heterocycles. The minimum absolute atomic E-state index is 0.288. The standard InChI is InChI=1S/C72H56N2/c1-71(2)65-45-55(73(51-23-7-5-8-24-51)53-37-33-49(34-38-53)59-31-17-21-47-19-11-13-27-57(47)59)41-43-63(65)67-61-29-15-16-30-62(61)68-64-44-42-56(46-66(64)72(3,4)70(68)69(67)71)74(52-25-9-6-10-26-52)54-39-35-50(36-40-54)60-32-18-22-48-20-12-14-28-58(48)60/h5-9,11-25,27-46H,10,26H2,1-4H3. The van der Waals surface area contributed by atoms with Crippen LogP contribution in [-0.4, -0.2) is 0 Å². The Balaban J connectivity index is 0.877. The summed E-state index contributed by atoms with van der Waals surface area (Å²) in [6.07, 6.45) is 8.82. The van der Waals surface area contributed by atoms with Gasteiger partial charge in [-0.25, -0.2) is 0 Å². The van der Waals surface area contributed by atoms with E-state index in [0.717, 1.165) is 29.9 Å².